The SMILES string of the molecule is O=C(c1ccc(C(F)(F)F)cc1)N1CCC[C@@H](c2ccn[nH]2)C1. The molecule has 0 unspecified atom stereocenters. The standard InChI is InChI=1S/C16H16F3N3O/c17-16(18,19)13-5-3-11(4-6-13)15(23)22-9-1-2-12(10-22)14-7-8-20-21-14/h3-8,12H,1-2,9-10H2,(H,20,21)/t12-/m1/s1. The molecule has 1 aliphatic heterocycles. The van der Waals surface area contributed by atoms with Gasteiger partial charge >= 0.3 is 6.18 Å². The number of hydrogen-bond donors (Lipinski definition) is 1. The van der Waals surface area contributed by atoms with Crippen LogP contribution in [0.15, 0.2) is 36.5 Å². The molecule has 1 aromatic heterocycles. The minimum Gasteiger partial charge on any atom is -0.338 e. The molecule has 0 bridgehead atoms. The number of aromatic amines is 1. The number of nitrogens with zero attached hydrogens (tertiary/aromatic N) is 2. The van der Waals surface area contributed by atoms with Gasteiger partial charge in [0.1, 0.15) is 0 Å². The van der Waals surface area contributed by atoms with Crippen LogP contribution in [0.2, 0.25) is 0 Å². The van der Waals surface area contributed by atoms with Gasteiger partial charge in [0, 0.05) is 36.5 Å². The molecular weight excluding hydrogens is 307 g/mol. The molecule has 7 heteroatoms. The van der Waals surface area contributed by atoms with E-state index < -0.39 is 11.7 Å². The number of piperidine rings is 1. The number of aromatic nitrogens is 2. The number of nitrogens with one attached hydrogen (secondary N) is 1. The van der Waals surface area contributed by atoms with E-state index >= 15 is 0 Å². The molecule has 1 aromatic carbocycles. The maximum atomic E-state index is 12.6. The molecule has 2 aromatic rings. The number of amides is 1. The zero-order valence-corrected chi connectivity index (χ0v) is 12.3. The number of alkyl halides is 3. The van der Waals surface area contributed by atoms with Gasteiger partial charge in [-0.15, -0.1) is 0 Å². The summed E-state index contributed by atoms with van der Waals surface area (Å²) >= 11 is 0. The van der Waals surface area contributed by atoms with E-state index in [2.05, 4.69) is 10.2 Å². The van der Waals surface area contributed by atoms with Crippen molar-refractivity contribution < 1.29 is 18.0 Å². The van der Waals surface area contributed by atoms with Gasteiger partial charge in [0.15, 0.2) is 0 Å². The first-order valence-corrected chi connectivity index (χ1v) is 7.41. The van der Waals surface area contributed by atoms with Gasteiger partial charge in [0.2, 0.25) is 0 Å². The molecule has 23 heavy (non-hydrogen) atoms. The molecule has 2 heterocycles. The molecule has 1 fully saturated rings. The Hall–Kier alpha value is -2.31. The highest BCUT2D eigenvalue weighted by Gasteiger charge is 2.31. The smallest absolute Gasteiger partial charge is 0.338 e. The number of hydrogen-bond acceptors (Lipinski definition) is 2. The third-order valence-corrected chi connectivity index (χ3v) is 4.13. The second-order valence-corrected chi connectivity index (χ2v) is 5.68. The van der Waals surface area contributed by atoms with Crippen LogP contribution in [-0.2, 0) is 6.18 Å². The first-order chi connectivity index (χ1) is 10.9. The van der Waals surface area contributed by atoms with Gasteiger partial charge in [-0.05, 0) is 43.2 Å². The highest BCUT2D eigenvalue weighted by atomic mass is 19.4. The van der Waals surface area contributed by atoms with E-state index in [0.29, 0.717) is 13.1 Å². The van der Waals surface area contributed by atoms with E-state index in [1.54, 1.807) is 11.1 Å². The average Bonchev–Trinajstić information content (AvgIpc) is 3.08. The van der Waals surface area contributed by atoms with Crippen molar-refractivity contribution in [3.05, 3.63) is 53.3 Å². The van der Waals surface area contributed by atoms with E-state index in [1.165, 1.54) is 12.1 Å². The fraction of sp³-hybridized carbons (Fsp3) is 0.375. The monoisotopic (exact) mass is 323 g/mol. The maximum Gasteiger partial charge on any atom is 0.416 e. The summed E-state index contributed by atoms with van der Waals surface area (Å²) in [6, 6.07) is 6.26. The minimum absolute atomic E-state index is 0.185. The van der Waals surface area contributed by atoms with Crippen LogP contribution in [0.1, 0.15) is 40.4 Å². The second-order valence-electron chi connectivity index (χ2n) is 5.68. The lowest BCUT2D eigenvalue weighted by Gasteiger charge is -2.32. The lowest BCUT2D eigenvalue weighted by molar-refractivity contribution is -0.137. The van der Waals surface area contributed by atoms with E-state index in [-0.39, 0.29) is 17.4 Å². The minimum atomic E-state index is -4.39. The topological polar surface area (TPSA) is 49.0 Å². The number of halogens is 3. The number of carbonyl (C=O) groups is 1. The first-order valence-electron chi connectivity index (χ1n) is 7.41. The van der Waals surface area contributed by atoms with Crippen molar-refractivity contribution in [2.45, 2.75) is 24.9 Å². The number of rotatable bonds is 2. The van der Waals surface area contributed by atoms with Crippen LogP contribution in [0, 0.1) is 0 Å². The highest BCUT2D eigenvalue weighted by Crippen LogP contribution is 2.30. The summed E-state index contributed by atoms with van der Waals surface area (Å²) in [6.45, 7) is 1.16. The van der Waals surface area contributed by atoms with E-state index in [9.17, 15) is 18.0 Å². The summed E-state index contributed by atoms with van der Waals surface area (Å²) in [4.78, 5) is 14.2. The van der Waals surface area contributed by atoms with E-state index in [1.807, 2.05) is 6.07 Å². The predicted octanol–water partition coefficient (Wildman–Crippen LogP) is 3.45. The zero-order valence-electron chi connectivity index (χ0n) is 12.3. The molecule has 3 rings (SSSR count). The molecular formula is C16H16F3N3O. The molecule has 4 nitrogen and oxygen atoms in total. The van der Waals surface area contributed by atoms with Crippen LogP contribution in [0.3, 0.4) is 0 Å². The Kier molecular flexibility index (Phi) is 4.11. The molecule has 0 spiro atoms. The van der Waals surface area contributed by atoms with Crippen LogP contribution in [0.5, 0.6) is 0 Å². The Morgan fingerprint density at radius 2 is 1.96 bits per heavy atom. The summed E-state index contributed by atoms with van der Waals surface area (Å²) in [5, 5.41) is 6.84. The normalized spacial score (nSPS) is 18.9. The third kappa shape index (κ3) is 3.38. The van der Waals surface area contributed by atoms with E-state index in [4.69, 9.17) is 0 Å². The fourth-order valence-corrected chi connectivity index (χ4v) is 2.89. The van der Waals surface area contributed by atoms with Crippen molar-refractivity contribution in [1.82, 2.24) is 15.1 Å². The summed E-state index contributed by atoms with van der Waals surface area (Å²) in [5.74, 6) is -0.0485. The van der Waals surface area contributed by atoms with Gasteiger partial charge in [-0.2, -0.15) is 18.3 Å². The van der Waals surface area contributed by atoms with E-state index in [0.717, 1.165) is 30.7 Å². The largest absolute Gasteiger partial charge is 0.416 e. The van der Waals surface area contributed by atoms with Gasteiger partial charge < -0.3 is 4.90 Å². The van der Waals surface area contributed by atoms with Crippen molar-refractivity contribution in [2.75, 3.05) is 13.1 Å². The summed E-state index contributed by atoms with van der Waals surface area (Å²) in [5.41, 5.74) is 0.515. The zero-order chi connectivity index (χ0) is 16.4. The first kappa shape index (κ1) is 15.6. The predicted molar refractivity (Wildman–Crippen MR) is 77.9 cm³/mol. The quantitative estimate of drug-likeness (QED) is 0.920. The van der Waals surface area contributed by atoms with Crippen LogP contribution in [-0.4, -0.2) is 34.1 Å². The van der Waals surface area contributed by atoms with Crippen molar-refractivity contribution >= 4 is 5.91 Å². The molecule has 0 saturated carbocycles. The molecule has 1 amide bonds. The van der Waals surface area contributed by atoms with Gasteiger partial charge in [-0.3, -0.25) is 9.89 Å². The maximum absolute atomic E-state index is 12.6. The van der Waals surface area contributed by atoms with Crippen LogP contribution >= 0.6 is 0 Å². The van der Waals surface area contributed by atoms with Crippen molar-refractivity contribution in [3.8, 4) is 0 Å². The Morgan fingerprint density at radius 1 is 1.22 bits per heavy atom. The lowest BCUT2D eigenvalue weighted by atomic mass is 9.94. The Bertz CT molecular complexity index is 665. The molecule has 122 valence electrons. The Balaban J connectivity index is 1.72. The molecule has 1 aliphatic rings. The summed E-state index contributed by atoms with van der Waals surface area (Å²) < 4.78 is 37.7. The highest BCUT2D eigenvalue weighted by molar-refractivity contribution is 5.94. The number of benzene rings is 1. The number of H-pyrrole nitrogens is 1. The average molecular weight is 323 g/mol. The van der Waals surface area contributed by atoms with Crippen molar-refractivity contribution in [2.24, 2.45) is 0 Å². The summed E-state index contributed by atoms with van der Waals surface area (Å²) in [6.07, 6.45) is -0.903. The number of carbonyl (C=O) groups excluding carboxylic acids is 1. The van der Waals surface area contributed by atoms with Crippen molar-refractivity contribution in [3.63, 3.8) is 0 Å². The van der Waals surface area contributed by atoms with Crippen LogP contribution in [0.4, 0.5) is 13.2 Å². The molecule has 1 saturated heterocycles. The lowest BCUT2D eigenvalue weighted by Crippen LogP contribution is -2.39. The van der Waals surface area contributed by atoms with Gasteiger partial charge in [0.05, 0.1) is 5.56 Å². The van der Waals surface area contributed by atoms with Gasteiger partial charge in [-0.1, -0.05) is 0 Å². The van der Waals surface area contributed by atoms with Crippen LogP contribution in [0.25, 0.3) is 0 Å². The summed E-state index contributed by atoms with van der Waals surface area (Å²) in [7, 11) is 0. The second kappa shape index (κ2) is 6.06. The molecule has 1 atom stereocenters. The van der Waals surface area contributed by atoms with Crippen LogP contribution < -0.4 is 0 Å². The van der Waals surface area contributed by atoms with Gasteiger partial charge in [0.25, 0.3) is 5.91 Å². The van der Waals surface area contributed by atoms with Crippen molar-refractivity contribution in [1.29, 1.82) is 0 Å². The fourth-order valence-electron chi connectivity index (χ4n) is 2.89. The number of likely N-dealkylation sites (tertiary alicyclic amines) is 1. The Labute approximate surface area is 131 Å². The third-order valence-electron chi connectivity index (χ3n) is 4.13. The molecule has 0 aliphatic carbocycles. The van der Waals surface area contributed by atoms with Gasteiger partial charge in [-0.25, -0.2) is 0 Å². The molecule has 1 N–H and O–H groups in total. The Morgan fingerprint density at radius 3 is 2.57 bits per heavy atom. The molecule has 0 radical (unpaired) electrons.